The third-order valence-corrected chi connectivity index (χ3v) is 7.78. The summed E-state index contributed by atoms with van der Waals surface area (Å²) in [7, 11) is 1.26. The SMILES string of the molecule is COC(=O)OC1CCC2(CC1)NC(=O)[C@H](N1CCN(C3CCCCN3C(=O)OC(C)(C)C)CC1)C2=O. The summed E-state index contributed by atoms with van der Waals surface area (Å²) in [5.41, 5.74) is -1.43. The van der Waals surface area contributed by atoms with Gasteiger partial charge in [-0.2, -0.15) is 0 Å². The number of carbonyl (C=O) groups is 4. The highest BCUT2D eigenvalue weighted by atomic mass is 16.7. The Balaban J connectivity index is 1.34. The van der Waals surface area contributed by atoms with Crippen molar-refractivity contribution in [2.24, 2.45) is 0 Å². The van der Waals surface area contributed by atoms with Gasteiger partial charge in [-0.05, 0) is 65.7 Å². The highest BCUT2D eigenvalue weighted by Gasteiger charge is 2.56. The summed E-state index contributed by atoms with van der Waals surface area (Å²) in [6, 6.07) is -0.793. The van der Waals surface area contributed by atoms with Gasteiger partial charge in [0, 0.05) is 32.7 Å². The van der Waals surface area contributed by atoms with Crippen LogP contribution in [0.3, 0.4) is 0 Å². The Morgan fingerprint density at radius 1 is 0.944 bits per heavy atom. The number of ether oxygens (including phenoxy) is 3. The molecule has 3 aliphatic heterocycles. The molecule has 2 atom stereocenters. The molecule has 202 valence electrons. The molecule has 0 aromatic heterocycles. The molecule has 3 heterocycles. The normalized spacial score (nSPS) is 32.3. The Hall–Kier alpha value is -2.40. The first-order chi connectivity index (χ1) is 17.0. The zero-order valence-corrected chi connectivity index (χ0v) is 21.9. The number of hydrogen-bond donors (Lipinski definition) is 1. The van der Waals surface area contributed by atoms with E-state index in [0.29, 0.717) is 58.4 Å². The van der Waals surface area contributed by atoms with Crippen LogP contribution in [-0.2, 0) is 23.8 Å². The monoisotopic (exact) mass is 508 g/mol. The maximum Gasteiger partial charge on any atom is 0.508 e. The Labute approximate surface area is 212 Å². The Morgan fingerprint density at radius 2 is 1.58 bits per heavy atom. The average molecular weight is 509 g/mol. The average Bonchev–Trinajstić information content (AvgIpc) is 3.08. The molecule has 4 aliphatic rings. The van der Waals surface area contributed by atoms with Gasteiger partial charge in [-0.25, -0.2) is 9.59 Å². The van der Waals surface area contributed by atoms with Gasteiger partial charge in [0.25, 0.3) is 0 Å². The lowest BCUT2D eigenvalue weighted by Gasteiger charge is -2.46. The first kappa shape index (κ1) is 26.7. The largest absolute Gasteiger partial charge is 0.508 e. The maximum atomic E-state index is 13.5. The van der Waals surface area contributed by atoms with Crippen molar-refractivity contribution < 1.29 is 33.4 Å². The van der Waals surface area contributed by atoms with Crippen LogP contribution in [0.5, 0.6) is 0 Å². The number of likely N-dealkylation sites (tertiary alicyclic amines) is 1. The van der Waals surface area contributed by atoms with Gasteiger partial charge in [0.1, 0.15) is 17.2 Å². The number of piperidine rings is 1. The van der Waals surface area contributed by atoms with E-state index >= 15 is 0 Å². The lowest BCUT2D eigenvalue weighted by Crippen LogP contribution is -2.61. The number of piperazine rings is 1. The second-order valence-electron chi connectivity index (χ2n) is 11.3. The van der Waals surface area contributed by atoms with E-state index in [0.717, 1.165) is 19.3 Å². The molecule has 0 aromatic carbocycles. The number of nitrogens with one attached hydrogen (secondary N) is 1. The molecule has 0 radical (unpaired) electrons. The molecule has 4 rings (SSSR count). The predicted molar refractivity (Wildman–Crippen MR) is 129 cm³/mol. The smallest absolute Gasteiger partial charge is 0.444 e. The summed E-state index contributed by atoms with van der Waals surface area (Å²) in [6.45, 7) is 8.78. The van der Waals surface area contributed by atoms with Crippen LogP contribution in [-0.4, -0.2) is 108 Å². The molecule has 1 saturated carbocycles. The van der Waals surface area contributed by atoms with Gasteiger partial charge in [0.05, 0.1) is 13.3 Å². The second-order valence-corrected chi connectivity index (χ2v) is 11.3. The topological polar surface area (TPSA) is 118 Å². The third-order valence-electron chi connectivity index (χ3n) is 7.78. The molecule has 36 heavy (non-hydrogen) atoms. The van der Waals surface area contributed by atoms with E-state index in [2.05, 4.69) is 15.0 Å². The summed E-state index contributed by atoms with van der Waals surface area (Å²) in [5.74, 6) is -0.320. The van der Waals surface area contributed by atoms with Gasteiger partial charge >= 0.3 is 12.2 Å². The number of Topliss-reactive ketones (excluding diaryl/α,β-unsaturated/α-hetero) is 1. The van der Waals surface area contributed by atoms with Crippen LogP contribution in [0.15, 0.2) is 0 Å². The first-order valence-electron chi connectivity index (χ1n) is 13.1. The van der Waals surface area contributed by atoms with Gasteiger partial charge < -0.3 is 19.5 Å². The summed E-state index contributed by atoms with van der Waals surface area (Å²) in [4.78, 5) is 56.8. The second kappa shape index (κ2) is 10.5. The van der Waals surface area contributed by atoms with Crippen LogP contribution in [0, 0.1) is 0 Å². The molecule has 1 spiro atoms. The van der Waals surface area contributed by atoms with Gasteiger partial charge in [0.15, 0.2) is 11.8 Å². The Kier molecular flexibility index (Phi) is 7.80. The molecule has 1 N–H and O–H groups in total. The fraction of sp³-hybridized carbons (Fsp3) is 0.840. The standard InChI is InChI=1S/C25H40N4O7/c1-24(2,3)36-22(32)29-12-6-5-7-18(29)27-13-15-28(16-14-27)19-20(30)25(26-21(19)31)10-8-17(9-11-25)35-23(33)34-4/h17-19H,5-16H2,1-4H3,(H,26,31)/t17?,18?,19-,25?/m1/s1. The molecule has 0 aromatic rings. The molecule has 1 unspecified atom stereocenters. The third kappa shape index (κ3) is 5.61. The quantitative estimate of drug-likeness (QED) is 0.450. The fourth-order valence-corrected chi connectivity index (χ4v) is 5.96. The fourth-order valence-electron chi connectivity index (χ4n) is 5.96. The van der Waals surface area contributed by atoms with Crippen LogP contribution in [0.4, 0.5) is 9.59 Å². The van der Waals surface area contributed by atoms with Crippen LogP contribution >= 0.6 is 0 Å². The highest BCUT2D eigenvalue weighted by Crippen LogP contribution is 2.36. The van der Waals surface area contributed by atoms with Crippen molar-refractivity contribution in [3.8, 4) is 0 Å². The maximum absolute atomic E-state index is 13.5. The summed E-state index contributed by atoms with van der Waals surface area (Å²) < 4.78 is 15.4. The van der Waals surface area contributed by atoms with Gasteiger partial charge in [0.2, 0.25) is 5.91 Å². The Morgan fingerprint density at radius 3 is 2.19 bits per heavy atom. The zero-order chi connectivity index (χ0) is 26.1. The van der Waals surface area contributed by atoms with Crippen molar-refractivity contribution in [1.82, 2.24) is 20.0 Å². The lowest BCUT2D eigenvalue weighted by molar-refractivity contribution is -0.132. The van der Waals surface area contributed by atoms with Crippen LogP contribution in [0.2, 0.25) is 0 Å². The van der Waals surface area contributed by atoms with Crippen LogP contribution in [0.25, 0.3) is 0 Å². The van der Waals surface area contributed by atoms with Gasteiger partial charge in [-0.1, -0.05) is 0 Å². The minimum Gasteiger partial charge on any atom is -0.444 e. The molecule has 11 heteroatoms. The number of carbonyl (C=O) groups excluding carboxylic acids is 4. The molecule has 4 fully saturated rings. The van der Waals surface area contributed by atoms with Crippen molar-refractivity contribution in [2.75, 3.05) is 39.8 Å². The number of methoxy groups -OCH3 is 1. The lowest BCUT2D eigenvalue weighted by atomic mass is 9.78. The number of ketones is 1. The molecule has 0 bridgehead atoms. The van der Waals surface area contributed by atoms with E-state index in [1.165, 1.54) is 7.11 Å². The van der Waals surface area contributed by atoms with Gasteiger partial charge in [-0.3, -0.25) is 24.3 Å². The van der Waals surface area contributed by atoms with E-state index in [9.17, 15) is 19.2 Å². The van der Waals surface area contributed by atoms with E-state index < -0.39 is 23.3 Å². The number of rotatable bonds is 3. The van der Waals surface area contributed by atoms with E-state index in [-0.39, 0.29) is 30.1 Å². The van der Waals surface area contributed by atoms with Crippen LogP contribution < -0.4 is 5.32 Å². The van der Waals surface area contributed by atoms with Crippen LogP contribution in [0.1, 0.15) is 65.7 Å². The summed E-state index contributed by atoms with van der Waals surface area (Å²) in [6.07, 6.45) is 3.46. The Bertz CT molecular complexity index is 857. The van der Waals surface area contributed by atoms with E-state index in [1.807, 2.05) is 30.6 Å². The van der Waals surface area contributed by atoms with Crippen molar-refractivity contribution in [2.45, 2.75) is 95.2 Å². The first-order valence-corrected chi connectivity index (χ1v) is 13.1. The predicted octanol–water partition coefficient (Wildman–Crippen LogP) is 1.88. The highest BCUT2D eigenvalue weighted by molar-refractivity contribution is 6.16. The molecular weight excluding hydrogens is 468 g/mol. The molecule has 2 amide bonds. The summed E-state index contributed by atoms with van der Waals surface area (Å²) in [5, 5.41) is 2.99. The van der Waals surface area contributed by atoms with Crippen molar-refractivity contribution in [3.63, 3.8) is 0 Å². The molecular formula is C25H40N4O7. The minimum atomic E-state index is -0.883. The zero-order valence-electron chi connectivity index (χ0n) is 21.9. The molecule has 11 nitrogen and oxygen atoms in total. The van der Waals surface area contributed by atoms with Crippen molar-refractivity contribution in [1.29, 1.82) is 0 Å². The molecule has 3 saturated heterocycles. The van der Waals surface area contributed by atoms with Crippen molar-refractivity contribution >= 4 is 23.9 Å². The van der Waals surface area contributed by atoms with Gasteiger partial charge in [-0.15, -0.1) is 0 Å². The number of amides is 2. The van der Waals surface area contributed by atoms with Crippen molar-refractivity contribution in [3.05, 3.63) is 0 Å². The van der Waals surface area contributed by atoms with E-state index in [4.69, 9.17) is 9.47 Å². The minimum absolute atomic E-state index is 0.0275. The number of hydrogen-bond acceptors (Lipinski definition) is 9. The van der Waals surface area contributed by atoms with E-state index in [1.54, 1.807) is 0 Å². The molecule has 1 aliphatic carbocycles. The summed E-state index contributed by atoms with van der Waals surface area (Å²) >= 11 is 0. The number of nitrogens with zero attached hydrogens (tertiary/aromatic N) is 3.